The second-order valence-electron chi connectivity index (χ2n) is 7.83. The van der Waals surface area contributed by atoms with Gasteiger partial charge in [0.2, 0.25) is 5.91 Å². The molecule has 1 aliphatic heterocycles. The van der Waals surface area contributed by atoms with Crippen molar-refractivity contribution in [2.45, 2.75) is 32.3 Å². The Morgan fingerprint density at radius 3 is 2.54 bits per heavy atom. The summed E-state index contributed by atoms with van der Waals surface area (Å²) >= 11 is 0. The van der Waals surface area contributed by atoms with Crippen LogP contribution < -0.4 is 10.6 Å². The molecular formula is C22H26N2O4. The Hall–Kier alpha value is -2.60. The first-order valence-corrected chi connectivity index (χ1v) is 9.88. The predicted octanol–water partition coefficient (Wildman–Crippen LogP) is 2.25. The van der Waals surface area contributed by atoms with Crippen LogP contribution in [0.5, 0.6) is 0 Å². The number of carbonyl (C=O) groups is 2. The average molecular weight is 382 g/mol. The zero-order valence-corrected chi connectivity index (χ0v) is 16.1. The van der Waals surface area contributed by atoms with Gasteiger partial charge < -0.3 is 19.8 Å². The largest absolute Gasteiger partial charge is 0.469 e. The number of benzene rings is 1. The van der Waals surface area contributed by atoms with Crippen LogP contribution in [0.1, 0.15) is 33.7 Å². The van der Waals surface area contributed by atoms with E-state index in [1.54, 1.807) is 13.0 Å². The lowest BCUT2D eigenvalue weighted by Gasteiger charge is -2.14. The summed E-state index contributed by atoms with van der Waals surface area (Å²) in [6.45, 7) is 3.29. The molecule has 0 bridgehead atoms. The molecule has 4 rings (SSSR count). The van der Waals surface area contributed by atoms with Gasteiger partial charge in [0.1, 0.15) is 12.0 Å². The van der Waals surface area contributed by atoms with Crippen molar-refractivity contribution in [3.05, 3.63) is 59.0 Å². The van der Waals surface area contributed by atoms with E-state index in [2.05, 4.69) is 34.9 Å². The molecule has 6 nitrogen and oxygen atoms in total. The number of furan rings is 1. The van der Waals surface area contributed by atoms with E-state index in [-0.39, 0.29) is 23.8 Å². The number of hydrogen-bond donors (Lipinski definition) is 2. The van der Waals surface area contributed by atoms with Gasteiger partial charge in [-0.15, -0.1) is 0 Å². The van der Waals surface area contributed by atoms with Gasteiger partial charge in [-0.2, -0.15) is 0 Å². The Kier molecular flexibility index (Phi) is 5.48. The summed E-state index contributed by atoms with van der Waals surface area (Å²) in [5.74, 6) is 0.882. The van der Waals surface area contributed by atoms with Crippen LogP contribution in [0.4, 0.5) is 0 Å². The minimum Gasteiger partial charge on any atom is -0.469 e. The highest BCUT2D eigenvalue weighted by Crippen LogP contribution is 2.26. The normalized spacial score (nSPS) is 21.5. The summed E-state index contributed by atoms with van der Waals surface area (Å²) in [7, 11) is 0. The second-order valence-corrected chi connectivity index (χ2v) is 7.83. The second kappa shape index (κ2) is 8.19. The zero-order chi connectivity index (χ0) is 19.5. The quantitative estimate of drug-likeness (QED) is 0.803. The Labute approximate surface area is 164 Å². The third-order valence-corrected chi connectivity index (χ3v) is 5.63. The molecule has 0 radical (unpaired) electrons. The highest BCUT2D eigenvalue weighted by molar-refractivity contribution is 5.93. The van der Waals surface area contributed by atoms with Gasteiger partial charge in [0.15, 0.2) is 0 Å². The molecule has 2 amide bonds. The third kappa shape index (κ3) is 4.28. The van der Waals surface area contributed by atoms with E-state index in [4.69, 9.17) is 9.15 Å². The summed E-state index contributed by atoms with van der Waals surface area (Å²) in [5, 5.41) is 5.94. The number of hydrogen-bond acceptors (Lipinski definition) is 4. The Morgan fingerprint density at radius 1 is 1.11 bits per heavy atom. The molecule has 1 aromatic carbocycles. The molecule has 1 saturated heterocycles. The van der Waals surface area contributed by atoms with Crippen LogP contribution in [-0.2, 0) is 22.4 Å². The topological polar surface area (TPSA) is 80.6 Å². The van der Waals surface area contributed by atoms with Gasteiger partial charge in [0.25, 0.3) is 5.91 Å². The van der Waals surface area contributed by atoms with Gasteiger partial charge in [-0.3, -0.25) is 9.59 Å². The summed E-state index contributed by atoms with van der Waals surface area (Å²) in [4.78, 5) is 24.6. The number of fused-ring (bicyclic) bond motifs is 1. The van der Waals surface area contributed by atoms with Crippen molar-refractivity contribution in [3.8, 4) is 0 Å². The molecule has 1 fully saturated rings. The summed E-state index contributed by atoms with van der Waals surface area (Å²) in [6, 6.07) is 10.2. The van der Waals surface area contributed by atoms with Crippen LogP contribution in [0.3, 0.4) is 0 Å². The van der Waals surface area contributed by atoms with Gasteiger partial charge in [0, 0.05) is 13.1 Å². The van der Waals surface area contributed by atoms with E-state index in [0.717, 1.165) is 12.8 Å². The minimum absolute atomic E-state index is 0.0512. The summed E-state index contributed by atoms with van der Waals surface area (Å²) in [6.07, 6.45) is 3.99. The van der Waals surface area contributed by atoms with Crippen molar-refractivity contribution < 1.29 is 18.7 Å². The average Bonchev–Trinajstić information content (AvgIpc) is 3.43. The lowest BCUT2D eigenvalue weighted by molar-refractivity contribution is -0.125. The van der Waals surface area contributed by atoms with Gasteiger partial charge in [-0.05, 0) is 49.3 Å². The van der Waals surface area contributed by atoms with Crippen molar-refractivity contribution in [2.24, 2.45) is 11.8 Å². The fourth-order valence-corrected chi connectivity index (χ4v) is 4.09. The highest BCUT2D eigenvalue weighted by atomic mass is 16.5. The number of aryl methyl sites for hydroxylation is 1. The van der Waals surface area contributed by atoms with Gasteiger partial charge in [-0.25, -0.2) is 0 Å². The van der Waals surface area contributed by atoms with Gasteiger partial charge >= 0.3 is 0 Å². The maximum absolute atomic E-state index is 12.5. The first-order chi connectivity index (χ1) is 13.6. The number of rotatable bonds is 6. The van der Waals surface area contributed by atoms with Crippen LogP contribution in [-0.4, -0.2) is 37.6 Å². The summed E-state index contributed by atoms with van der Waals surface area (Å²) in [5.41, 5.74) is 3.30. The van der Waals surface area contributed by atoms with E-state index in [9.17, 15) is 9.59 Å². The zero-order valence-electron chi connectivity index (χ0n) is 16.1. The number of amides is 2. The fourth-order valence-electron chi connectivity index (χ4n) is 4.09. The molecular weight excluding hydrogens is 356 g/mol. The van der Waals surface area contributed by atoms with E-state index in [1.165, 1.54) is 17.4 Å². The molecule has 2 aliphatic rings. The molecule has 1 aromatic heterocycles. The number of nitrogens with one attached hydrogen (secondary N) is 2. The summed E-state index contributed by atoms with van der Waals surface area (Å²) < 4.78 is 10.9. The van der Waals surface area contributed by atoms with Crippen molar-refractivity contribution >= 4 is 11.8 Å². The van der Waals surface area contributed by atoms with Crippen LogP contribution in [0.25, 0.3) is 0 Å². The first-order valence-electron chi connectivity index (χ1n) is 9.88. The third-order valence-electron chi connectivity index (χ3n) is 5.63. The molecule has 1 aliphatic carbocycles. The molecule has 2 atom stereocenters. The molecule has 0 saturated carbocycles. The van der Waals surface area contributed by atoms with Gasteiger partial charge in [0.05, 0.1) is 24.2 Å². The van der Waals surface area contributed by atoms with E-state index in [0.29, 0.717) is 43.4 Å². The molecule has 28 heavy (non-hydrogen) atoms. The van der Waals surface area contributed by atoms with Crippen LogP contribution in [0.2, 0.25) is 0 Å². The standard InChI is InChI=1S/C22H26N2O4/c1-14-6-18(12-27-14)21(25)24-11-20-9-19(13-28-20)22(26)23-10-15-7-16-4-2-3-5-17(16)8-15/h2-6,12,15,19-20H,7-11,13H2,1H3,(H,23,26)(H,24,25)/t19-,20-/m0/s1. The van der Waals surface area contributed by atoms with Crippen LogP contribution in [0, 0.1) is 18.8 Å². The maximum atomic E-state index is 12.5. The van der Waals surface area contributed by atoms with Gasteiger partial charge in [-0.1, -0.05) is 24.3 Å². The van der Waals surface area contributed by atoms with Crippen molar-refractivity contribution in [3.63, 3.8) is 0 Å². The number of ether oxygens (including phenoxy) is 1. The first kappa shape index (κ1) is 18.7. The predicted molar refractivity (Wildman–Crippen MR) is 104 cm³/mol. The smallest absolute Gasteiger partial charge is 0.254 e. The SMILES string of the molecule is Cc1cc(C(=O)NC[C@@H]2C[C@H](C(=O)NCC3Cc4ccccc4C3)CO2)co1. The van der Waals surface area contributed by atoms with Crippen LogP contribution >= 0.6 is 0 Å². The van der Waals surface area contributed by atoms with Crippen molar-refractivity contribution in [1.82, 2.24) is 10.6 Å². The fraction of sp³-hybridized carbons (Fsp3) is 0.455. The van der Waals surface area contributed by atoms with Crippen LogP contribution in [0.15, 0.2) is 41.0 Å². The highest BCUT2D eigenvalue weighted by Gasteiger charge is 2.31. The molecule has 0 spiro atoms. The maximum Gasteiger partial charge on any atom is 0.254 e. The Balaban J connectivity index is 1.18. The Morgan fingerprint density at radius 2 is 1.86 bits per heavy atom. The molecule has 148 valence electrons. The molecule has 0 unspecified atom stereocenters. The lowest BCUT2D eigenvalue weighted by Crippen LogP contribution is -2.35. The van der Waals surface area contributed by atoms with E-state index in [1.807, 2.05) is 0 Å². The molecule has 2 heterocycles. The Bertz CT molecular complexity index is 835. The lowest BCUT2D eigenvalue weighted by atomic mass is 10.0. The van der Waals surface area contributed by atoms with E-state index >= 15 is 0 Å². The molecule has 6 heteroatoms. The molecule has 2 aromatic rings. The minimum atomic E-state index is -0.186. The number of carbonyl (C=O) groups excluding carboxylic acids is 2. The monoisotopic (exact) mass is 382 g/mol. The van der Waals surface area contributed by atoms with E-state index < -0.39 is 0 Å². The van der Waals surface area contributed by atoms with Crippen molar-refractivity contribution in [2.75, 3.05) is 19.7 Å². The van der Waals surface area contributed by atoms with Crippen molar-refractivity contribution in [1.29, 1.82) is 0 Å². The molecule has 2 N–H and O–H groups in total.